The minimum atomic E-state index is 0.826. The summed E-state index contributed by atoms with van der Waals surface area (Å²) in [4.78, 5) is 2.70. The van der Waals surface area contributed by atoms with E-state index in [0.29, 0.717) is 0 Å². The van der Waals surface area contributed by atoms with Crippen LogP contribution in [0, 0.1) is 0 Å². The molecule has 0 aliphatic heterocycles. The summed E-state index contributed by atoms with van der Waals surface area (Å²) < 4.78 is 8.70. The Morgan fingerprint density at radius 3 is 1.56 bits per heavy atom. The van der Waals surface area contributed by atoms with Gasteiger partial charge in [-0.2, -0.15) is 0 Å². The molecule has 0 N–H and O–H groups in total. The van der Waals surface area contributed by atoms with Gasteiger partial charge in [0.05, 0.1) is 23.9 Å². The highest BCUT2D eigenvalue weighted by Gasteiger charge is 2.18. The highest BCUT2D eigenvalue weighted by Crippen LogP contribution is 2.47. The molecular formula is C31H50Br2OS2. The molecule has 0 aromatic carbocycles. The van der Waals surface area contributed by atoms with Gasteiger partial charge in [0.25, 0.3) is 0 Å². The Hall–Kier alpha value is 0.160. The number of thiophene rings is 2. The first-order valence-corrected chi connectivity index (χ1v) is 18.1. The Labute approximate surface area is 247 Å². The van der Waals surface area contributed by atoms with Crippen molar-refractivity contribution in [1.82, 2.24) is 0 Å². The molecular weight excluding hydrogens is 612 g/mol. The minimum Gasteiger partial charge on any atom is -0.492 e. The van der Waals surface area contributed by atoms with Gasteiger partial charge in [-0.15, -0.1) is 22.7 Å². The predicted octanol–water partition coefficient (Wildman–Crippen LogP) is 13.4. The van der Waals surface area contributed by atoms with E-state index in [-0.39, 0.29) is 0 Å². The Balaban J connectivity index is 1.71. The van der Waals surface area contributed by atoms with E-state index in [2.05, 4.69) is 57.8 Å². The van der Waals surface area contributed by atoms with Crippen LogP contribution >= 0.6 is 54.5 Å². The molecule has 2 heterocycles. The monoisotopic (exact) mass is 660 g/mol. The fourth-order valence-corrected chi connectivity index (χ4v) is 8.17. The Bertz CT molecular complexity index is 732. The molecule has 0 amide bonds. The van der Waals surface area contributed by atoms with Crippen LogP contribution in [0.25, 0.3) is 9.75 Å². The number of hydrogen-bond acceptors (Lipinski definition) is 3. The van der Waals surface area contributed by atoms with Gasteiger partial charge in [0.2, 0.25) is 0 Å². The fraction of sp³-hybridized carbons (Fsp3) is 0.742. The molecule has 5 heteroatoms. The molecule has 2 aromatic rings. The van der Waals surface area contributed by atoms with E-state index < -0.39 is 0 Å². The van der Waals surface area contributed by atoms with E-state index in [4.69, 9.17) is 4.74 Å². The average Bonchev–Trinajstić information content (AvgIpc) is 3.42. The second-order valence-electron chi connectivity index (χ2n) is 10.3. The van der Waals surface area contributed by atoms with Gasteiger partial charge in [0.15, 0.2) is 0 Å². The lowest BCUT2D eigenvalue weighted by Gasteiger charge is -2.08. The van der Waals surface area contributed by atoms with Crippen LogP contribution in [0.15, 0.2) is 19.7 Å². The molecule has 0 spiro atoms. The summed E-state index contributed by atoms with van der Waals surface area (Å²) in [6, 6.07) is 4.51. The third-order valence-corrected chi connectivity index (χ3v) is 10.4. The van der Waals surface area contributed by atoms with Crippen LogP contribution in [0.2, 0.25) is 0 Å². The van der Waals surface area contributed by atoms with Crippen molar-refractivity contribution in [3.63, 3.8) is 0 Å². The second-order valence-corrected chi connectivity index (χ2v) is 15.1. The highest BCUT2D eigenvalue weighted by molar-refractivity contribution is 9.11. The summed E-state index contributed by atoms with van der Waals surface area (Å²) in [7, 11) is 0. The Morgan fingerprint density at radius 2 is 1.00 bits per heavy atom. The first-order valence-electron chi connectivity index (χ1n) is 14.9. The van der Waals surface area contributed by atoms with E-state index in [0.717, 1.165) is 22.6 Å². The Kier molecular flexibility index (Phi) is 18.9. The van der Waals surface area contributed by atoms with Crippen LogP contribution in [0.3, 0.4) is 0 Å². The largest absolute Gasteiger partial charge is 0.492 e. The normalized spacial score (nSPS) is 11.4. The molecule has 2 aromatic heterocycles. The second kappa shape index (κ2) is 21.0. The number of rotatable bonds is 23. The SMILES string of the molecule is CCCCCCCCCCCCc1cc(Br)sc1-c1sc(Br)cc1OCCCCCCCCCCC. The average molecular weight is 663 g/mol. The van der Waals surface area contributed by atoms with Crippen molar-refractivity contribution >= 4 is 54.5 Å². The van der Waals surface area contributed by atoms with Gasteiger partial charge >= 0.3 is 0 Å². The lowest BCUT2D eigenvalue weighted by atomic mass is 10.0. The van der Waals surface area contributed by atoms with Gasteiger partial charge in [-0.05, 0) is 62.8 Å². The maximum atomic E-state index is 6.31. The van der Waals surface area contributed by atoms with Crippen LogP contribution < -0.4 is 4.74 Å². The minimum absolute atomic E-state index is 0.826. The van der Waals surface area contributed by atoms with Crippen molar-refractivity contribution in [3.8, 4) is 15.5 Å². The van der Waals surface area contributed by atoms with Crippen LogP contribution in [0.1, 0.15) is 141 Å². The van der Waals surface area contributed by atoms with Crippen molar-refractivity contribution in [3.05, 3.63) is 25.3 Å². The van der Waals surface area contributed by atoms with E-state index in [9.17, 15) is 0 Å². The van der Waals surface area contributed by atoms with Crippen LogP contribution in [0.4, 0.5) is 0 Å². The van der Waals surface area contributed by atoms with E-state index in [1.807, 2.05) is 22.7 Å². The molecule has 206 valence electrons. The summed E-state index contributed by atoms with van der Waals surface area (Å²) >= 11 is 11.2. The topological polar surface area (TPSA) is 9.23 Å². The molecule has 0 fully saturated rings. The first kappa shape index (κ1) is 32.4. The van der Waals surface area contributed by atoms with Crippen molar-refractivity contribution in [1.29, 1.82) is 0 Å². The van der Waals surface area contributed by atoms with Crippen molar-refractivity contribution in [2.24, 2.45) is 0 Å². The molecule has 0 radical (unpaired) electrons. The molecule has 0 aliphatic rings. The van der Waals surface area contributed by atoms with Gasteiger partial charge in [0.1, 0.15) is 5.75 Å². The van der Waals surface area contributed by atoms with Crippen molar-refractivity contribution in [2.75, 3.05) is 6.61 Å². The number of halogens is 2. The maximum Gasteiger partial charge on any atom is 0.139 e. The summed E-state index contributed by atoms with van der Waals surface area (Å²) in [5, 5.41) is 0. The summed E-state index contributed by atoms with van der Waals surface area (Å²) in [5.74, 6) is 1.06. The summed E-state index contributed by atoms with van der Waals surface area (Å²) in [5.41, 5.74) is 1.48. The van der Waals surface area contributed by atoms with Crippen LogP contribution in [-0.4, -0.2) is 6.61 Å². The quantitative estimate of drug-likeness (QED) is 0.108. The molecule has 0 saturated carbocycles. The van der Waals surface area contributed by atoms with E-state index >= 15 is 0 Å². The molecule has 0 aliphatic carbocycles. The standard InChI is InChI=1S/C31H50Br2OS2/c1-3-5-7-9-11-13-14-16-18-20-22-26-24-28(32)35-30(26)31-27(25-29(33)36-31)34-23-21-19-17-15-12-10-8-6-4-2/h24-25H,3-23H2,1-2H3. The first-order chi connectivity index (χ1) is 17.7. The lowest BCUT2D eigenvalue weighted by molar-refractivity contribution is 0.306. The number of unbranched alkanes of at least 4 members (excludes halogenated alkanes) is 17. The molecule has 0 atom stereocenters. The Morgan fingerprint density at radius 1 is 0.556 bits per heavy atom. The van der Waals surface area contributed by atoms with Gasteiger partial charge in [0, 0.05) is 6.07 Å². The van der Waals surface area contributed by atoms with E-state index in [1.54, 1.807) is 0 Å². The third kappa shape index (κ3) is 13.8. The third-order valence-electron chi connectivity index (χ3n) is 6.96. The van der Waals surface area contributed by atoms with Gasteiger partial charge in [-0.3, -0.25) is 0 Å². The van der Waals surface area contributed by atoms with Gasteiger partial charge < -0.3 is 4.74 Å². The molecule has 2 rings (SSSR count). The van der Waals surface area contributed by atoms with Crippen LogP contribution in [0.5, 0.6) is 5.75 Å². The van der Waals surface area contributed by atoms with Crippen molar-refractivity contribution in [2.45, 2.75) is 142 Å². The number of ether oxygens (including phenoxy) is 1. The molecule has 0 saturated heterocycles. The number of hydrogen-bond donors (Lipinski definition) is 0. The van der Waals surface area contributed by atoms with Gasteiger partial charge in [-0.1, -0.05) is 123 Å². The molecule has 1 nitrogen and oxygen atoms in total. The zero-order chi connectivity index (χ0) is 25.8. The van der Waals surface area contributed by atoms with E-state index in [1.165, 1.54) is 141 Å². The zero-order valence-corrected chi connectivity index (χ0v) is 27.8. The fourth-order valence-electron chi connectivity index (χ4n) is 4.78. The summed E-state index contributed by atoms with van der Waals surface area (Å²) in [6.45, 7) is 5.40. The zero-order valence-electron chi connectivity index (χ0n) is 23.0. The molecule has 0 bridgehead atoms. The lowest BCUT2D eigenvalue weighted by Crippen LogP contribution is -1.97. The van der Waals surface area contributed by atoms with Crippen LogP contribution in [-0.2, 0) is 6.42 Å². The van der Waals surface area contributed by atoms with Gasteiger partial charge in [-0.25, -0.2) is 0 Å². The van der Waals surface area contributed by atoms with Crippen molar-refractivity contribution < 1.29 is 4.74 Å². The maximum absolute atomic E-state index is 6.31. The highest BCUT2D eigenvalue weighted by atomic mass is 79.9. The molecule has 36 heavy (non-hydrogen) atoms. The number of aryl methyl sites for hydroxylation is 1. The smallest absolute Gasteiger partial charge is 0.139 e. The molecule has 0 unspecified atom stereocenters. The predicted molar refractivity (Wildman–Crippen MR) is 171 cm³/mol. The summed E-state index contributed by atoms with van der Waals surface area (Å²) in [6.07, 6.45) is 27.2.